The van der Waals surface area contributed by atoms with Gasteiger partial charge in [0.2, 0.25) is 0 Å². The fourth-order valence-corrected chi connectivity index (χ4v) is 12.4. The van der Waals surface area contributed by atoms with E-state index in [4.69, 9.17) is 4.18 Å². The number of aliphatic hydroxyl groups excluding tert-OH is 1. The lowest BCUT2D eigenvalue weighted by Gasteiger charge is -2.16. The molecule has 4 aliphatic carbocycles. The summed E-state index contributed by atoms with van der Waals surface area (Å²) in [6, 6.07) is 0. The fraction of sp³-hybridized carbons (Fsp3) is 1.00. The Morgan fingerprint density at radius 1 is 0.286 bits per heavy atom. The maximum atomic E-state index is 11.2. The molecule has 420 valence electrons. The van der Waals surface area contributed by atoms with Crippen LogP contribution >= 0.6 is 0 Å². The van der Waals surface area contributed by atoms with Crippen molar-refractivity contribution >= 4 is 10.1 Å². The van der Waals surface area contributed by atoms with E-state index >= 15 is 0 Å². The van der Waals surface area contributed by atoms with Crippen LogP contribution in [0.5, 0.6) is 0 Å². The minimum Gasteiger partial charge on any atom is -0.396 e. The van der Waals surface area contributed by atoms with Crippen molar-refractivity contribution in [1.29, 1.82) is 0 Å². The molecule has 0 amide bonds. The highest BCUT2D eigenvalue weighted by Gasteiger charge is 2.13. The summed E-state index contributed by atoms with van der Waals surface area (Å²) in [7, 11) is -3.29. The molecule has 4 rings (SSSR count). The molecule has 4 saturated carbocycles. The Balaban J connectivity index is 0.000000470. The van der Waals surface area contributed by atoms with Gasteiger partial charge in [0.25, 0.3) is 10.1 Å². The Bertz CT molecular complexity index is 1010. The summed E-state index contributed by atoms with van der Waals surface area (Å²) in [5.74, 6) is 3.00. The fourth-order valence-electron chi connectivity index (χ4n) is 11.9. The molecule has 0 saturated heterocycles. The minimum atomic E-state index is -3.29. The van der Waals surface area contributed by atoms with E-state index in [0.717, 1.165) is 30.9 Å². The van der Waals surface area contributed by atoms with Crippen molar-refractivity contribution in [1.82, 2.24) is 0 Å². The van der Waals surface area contributed by atoms with Crippen molar-refractivity contribution in [2.75, 3.05) is 19.5 Å². The van der Waals surface area contributed by atoms with E-state index in [1.165, 1.54) is 347 Å². The van der Waals surface area contributed by atoms with Gasteiger partial charge in [-0.25, -0.2) is 0 Å². The summed E-state index contributed by atoms with van der Waals surface area (Å²) in [5, 5.41) is 9.34. The molecule has 70 heavy (non-hydrogen) atoms. The van der Waals surface area contributed by atoms with Gasteiger partial charge < -0.3 is 5.11 Å². The van der Waals surface area contributed by atoms with Crippen LogP contribution in [0.4, 0.5) is 0 Å². The largest absolute Gasteiger partial charge is 0.396 e. The third-order valence-electron chi connectivity index (χ3n) is 17.0. The van der Waals surface area contributed by atoms with Crippen LogP contribution in [0.1, 0.15) is 373 Å². The molecule has 0 aromatic carbocycles. The number of rotatable bonds is 4. The van der Waals surface area contributed by atoms with Gasteiger partial charge in [0, 0.05) is 6.61 Å². The first kappa shape index (κ1) is 67.9. The second-order valence-corrected chi connectivity index (χ2v) is 26.0. The third kappa shape index (κ3) is 52.7. The van der Waals surface area contributed by atoms with Crippen molar-refractivity contribution in [3.8, 4) is 0 Å². The van der Waals surface area contributed by atoms with Crippen molar-refractivity contribution in [3.63, 3.8) is 0 Å². The average Bonchev–Trinajstić information content (AvgIpc) is 3.38. The molecule has 0 aromatic heterocycles. The standard InChI is InChI=1S/C17H34O3S.C16H32O.2C16H32/c1-21(18,19)20-16-17-14-12-10-8-6-4-2-3-5-7-9-11-13-15-17;17-15-16-13-11-9-7-5-3-1-2-4-6-8-10-12-14-16;2*1-16-14-12-10-8-6-4-2-3-5-7-9-11-13-15-16/h17H,2-16H2,1H3;16-17H,1-15H2;2*16H,2-15H2,1H3. The molecule has 1 N–H and O–H groups in total. The zero-order valence-electron chi connectivity index (χ0n) is 48.4. The van der Waals surface area contributed by atoms with Gasteiger partial charge in [-0.1, -0.05) is 348 Å². The highest BCUT2D eigenvalue weighted by Crippen LogP contribution is 2.25. The highest BCUT2D eigenvalue weighted by atomic mass is 32.2. The van der Waals surface area contributed by atoms with Crippen LogP contribution in [0.3, 0.4) is 0 Å². The summed E-state index contributed by atoms with van der Waals surface area (Å²) < 4.78 is 27.3. The molecule has 5 heteroatoms. The van der Waals surface area contributed by atoms with E-state index in [0.29, 0.717) is 25.0 Å². The zero-order valence-corrected chi connectivity index (χ0v) is 49.2. The van der Waals surface area contributed by atoms with Gasteiger partial charge in [-0.05, 0) is 49.4 Å². The molecule has 4 fully saturated rings. The van der Waals surface area contributed by atoms with E-state index in [1.54, 1.807) is 0 Å². The SMILES string of the molecule is CC1CCCCCCCCCCCCCC1.CC1CCCCCCCCCCCCCC1.CS(=O)(=O)OCC1CCCCCCCCCCCCCC1.OCC1CCCCCCCCCCCCCC1. The summed E-state index contributed by atoms with van der Waals surface area (Å²) in [4.78, 5) is 0. The average molecular weight is 1010 g/mol. The lowest BCUT2D eigenvalue weighted by atomic mass is 9.95. The first-order valence-electron chi connectivity index (χ1n) is 32.8. The molecular formula is C65H130O4S. The van der Waals surface area contributed by atoms with Gasteiger partial charge in [0.05, 0.1) is 12.9 Å². The molecule has 0 spiro atoms. The Labute approximate surface area is 442 Å². The third-order valence-corrected chi connectivity index (χ3v) is 17.6. The molecule has 0 aliphatic heterocycles. The van der Waals surface area contributed by atoms with Crippen molar-refractivity contribution in [2.45, 2.75) is 373 Å². The Morgan fingerprint density at radius 2 is 0.443 bits per heavy atom. The molecule has 0 radical (unpaired) electrons. The molecule has 0 unspecified atom stereocenters. The monoisotopic (exact) mass is 1010 g/mol. The molecule has 0 heterocycles. The summed E-state index contributed by atoms with van der Waals surface area (Å²) in [5.41, 5.74) is 0. The zero-order chi connectivity index (χ0) is 50.5. The van der Waals surface area contributed by atoms with Gasteiger partial charge in [-0.15, -0.1) is 0 Å². The van der Waals surface area contributed by atoms with Crippen LogP contribution in [0.25, 0.3) is 0 Å². The van der Waals surface area contributed by atoms with Crippen LogP contribution in [0, 0.1) is 23.7 Å². The van der Waals surface area contributed by atoms with E-state index in [1.807, 2.05) is 0 Å². The van der Waals surface area contributed by atoms with Gasteiger partial charge in [0.15, 0.2) is 0 Å². The van der Waals surface area contributed by atoms with E-state index in [-0.39, 0.29) is 0 Å². The second-order valence-electron chi connectivity index (χ2n) is 24.4. The highest BCUT2D eigenvalue weighted by molar-refractivity contribution is 7.85. The smallest absolute Gasteiger partial charge is 0.264 e. The topological polar surface area (TPSA) is 63.6 Å². The summed E-state index contributed by atoms with van der Waals surface area (Å²) >= 11 is 0. The van der Waals surface area contributed by atoms with Crippen LogP contribution in [0.2, 0.25) is 0 Å². The second kappa shape index (κ2) is 53.7. The quantitative estimate of drug-likeness (QED) is 0.285. The predicted octanol–water partition coefficient (Wildman–Crippen LogP) is 22.3. The van der Waals surface area contributed by atoms with Crippen LogP contribution in [-0.2, 0) is 14.3 Å². The van der Waals surface area contributed by atoms with Crippen molar-refractivity contribution in [3.05, 3.63) is 0 Å². The maximum Gasteiger partial charge on any atom is 0.264 e. The van der Waals surface area contributed by atoms with Gasteiger partial charge >= 0.3 is 0 Å². The normalized spacial score (nSPS) is 23.7. The molecule has 0 atom stereocenters. The Hall–Kier alpha value is -0.130. The number of aliphatic hydroxyl groups is 1. The van der Waals surface area contributed by atoms with Crippen LogP contribution in [-0.4, -0.2) is 33.0 Å². The lowest BCUT2D eigenvalue weighted by Crippen LogP contribution is -2.14. The minimum absolute atomic E-state index is 0.388. The predicted molar refractivity (Wildman–Crippen MR) is 312 cm³/mol. The summed E-state index contributed by atoms with van der Waals surface area (Å²) in [6.45, 7) is 5.72. The van der Waals surface area contributed by atoms with E-state index in [2.05, 4.69) is 13.8 Å². The van der Waals surface area contributed by atoms with Gasteiger partial charge in [0.1, 0.15) is 0 Å². The van der Waals surface area contributed by atoms with E-state index < -0.39 is 10.1 Å². The first-order valence-corrected chi connectivity index (χ1v) is 34.6. The van der Waals surface area contributed by atoms with Gasteiger partial charge in [-0.2, -0.15) is 8.42 Å². The van der Waals surface area contributed by atoms with Crippen molar-refractivity contribution < 1.29 is 17.7 Å². The lowest BCUT2D eigenvalue weighted by molar-refractivity contribution is 0.204. The maximum absolute atomic E-state index is 11.2. The molecular weight excluding hydrogens is 877 g/mol. The van der Waals surface area contributed by atoms with E-state index in [9.17, 15) is 13.5 Å². The Kier molecular flexibility index (Phi) is 52.1. The van der Waals surface area contributed by atoms with Gasteiger partial charge in [-0.3, -0.25) is 4.18 Å². The first-order chi connectivity index (χ1) is 34.3. The number of hydrogen-bond donors (Lipinski definition) is 1. The van der Waals surface area contributed by atoms with Crippen LogP contribution in [0.15, 0.2) is 0 Å². The molecule has 0 aromatic rings. The van der Waals surface area contributed by atoms with Crippen molar-refractivity contribution in [2.24, 2.45) is 23.7 Å². The Morgan fingerprint density at radius 3 is 0.614 bits per heavy atom. The molecule has 4 aliphatic rings. The number of hydrogen-bond acceptors (Lipinski definition) is 4. The molecule has 4 nitrogen and oxygen atoms in total. The summed E-state index contributed by atoms with van der Waals surface area (Å²) in [6.07, 6.45) is 80.6. The van der Waals surface area contributed by atoms with Crippen LogP contribution < -0.4 is 0 Å². The molecule has 0 bridgehead atoms.